The summed E-state index contributed by atoms with van der Waals surface area (Å²) in [4.78, 5) is 30.7. The average Bonchev–Trinajstić information content (AvgIpc) is 2.44. The van der Waals surface area contributed by atoms with Crippen LogP contribution in [0.1, 0.15) is 55.4 Å². The van der Waals surface area contributed by atoms with Gasteiger partial charge in [0.05, 0.1) is 0 Å². The van der Waals surface area contributed by atoms with Gasteiger partial charge in [-0.1, -0.05) is 0 Å². The van der Waals surface area contributed by atoms with Crippen molar-refractivity contribution in [2.45, 2.75) is 53.1 Å². The van der Waals surface area contributed by atoms with E-state index in [1.807, 2.05) is 46.8 Å². The van der Waals surface area contributed by atoms with E-state index in [1.54, 1.807) is 4.90 Å². The Balaban J connectivity index is 1.96. The van der Waals surface area contributed by atoms with Gasteiger partial charge in [-0.25, -0.2) is 4.79 Å². The number of ketones is 1. The van der Waals surface area contributed by atoms with Gasteiger partial charge in [-0.3, -0.25) is 9.78 Å². The molecule has 0 bridgehead atoms. The average molecular weight is 318 g/mol. The van der Waals surface area contributed by atoms with E-state index in [0.29, 0.717) is 25.9 Å². The standard InChI is InChI=1S/C18H26N2O3/c1-12-10-15(11-13(2)19-12)16(21)14-6-8-20(9-7-14)17(22)23-18(3,4)5/h10-11,14H,6-9H2,1-5H3. The van der Waals surface area contributed by atoms with Crippen LogP contribution in [0.25, 0.3) is 0 Å². The van der Waals surface area contributed by atoms with Crippen LogP contribution in [0.4, 0.5) is 4.79 Å². The van der Waals surface area contributed by atoms with Gasteiger partial charge in [-0.2, -0.15) is 0 Å². The summed E-state index contributed by atoms with van der Waals surface area (Å²) < 4.78 is 5.38. The SMILES string of the molecule is Cc1cc(C(=O)C2CCN(C(=O)OC(C)(C)C)CC2)cc(C)n1. The highest BCUT2D eigenvalue weighted by Gasteiger charge is 2.30. The largest absolute Gasteiger partial charge is 0.444 e. The fourth-order valence-electron chi connectivity index (χ4n) is 2.86. The molecule has 0 aliphatic carbocycles. The normalized spacial score (nSPS) is 16.3. The molecule has 1 aliphatic heterocycles. The molecule has 5 heteroatoms. The summed E-state index contributed by atoms with van der Waals surface area (Å²) in [6.45, 7) is 10.5. The van der Waals surface area contributed by atoms with E-state index in [1.165, 1.54) is 0 Å². The van der Waals surface area contributed by atoms with Crippen LogP contribution < -0.4 is 0 Å². The third-order valence-corrected chi connectivity index (χ3v) is 3.88. The van der Waals surface area contributed by atoms with Crippen molar-refractivity contribution in [2.75, 3.05) is 13.1 Å². The van der Waals surface area contributed by atoms with Crippen LogP contribution in [0.5, 0.6) is 0 Å². The molecule has 0 saturated carbocycles. The number of pyridine rings is 1. The molecular formula is C18H26N2O3. The lowest BCUT2D eigenvalue weighted by Crippen LogP contribution is -2.43. The predicted molar refractivity (Wildman–Crippen MR) is 88.6 cm³/mol. The molecule has 1 fully saturated rings. The molecule has 23 heavy (non-hydrogen) atoms. The monoisotopic (exact) mass is 318 g/mol. The maximum Gasteiger partial charge on any atom is 0.410 e. The first-order valence-electron chi connectivity index (χ1n) is 8.13. The minimum Gasteiger partial charge on any atom is -0.444 e. The first-order valence-corrected chi connectivity index (χ1v) is 8.13. The molecule has 0 radical (unpaired) electrons. The highest BCUT2D eigenvalue weighted by Crippen LogP contribution is 2.23. The molecule has 1 aromatic heterocycles. The second kappa shape index (κ2) is 6.69. The maximum absolute atomic E-state index is 12.6. The highest BCUT2D eigenvalue weighted by atomic mass is 16.6. The van der Waals surface area contributed by atoms with Crippen molar-refractivity contribution in [1.82, 2.24) is 9.88 Å². The van der Waals surface area contributed by atoms with E-state index in [-0.39, 0.29) is 17.8 Å². The third-order valence-electron chi connectivity index (χ3n) is 3.88. The molecule has 0 aromatic carbocycles. The smallest absolute Gasteiger partial charge is 0.410 e. The predicted octanol–water partition coefficient (Wildman–Crippen LogP) is 3.53. The van der Waals surface area contributed by atoms with Gasteiger partial charge in [-0.15, -0.1) is 0 Å². The molecule has 1 amide bonds. The summed E-state index contributed by atoms with van der Waals surface area (Å²) in [7, 11) is 0. The van der Waals surface area contributed by atoms with Crippen LogP contribution in [0.2, 0.25) is 0 Å². The van der Waals surface area contributed by atoms with E-state index >= 15 is 0 Å². The molecule has 2 rings (SSSR count). The summed E-state index contributed by atoms with van der Waals surface area (Å²) in [5.74, 6) is 0.123. The maximum atomic E-state index is 12.6. The number of nitrogens with zero attached hydrogens (tertiary/aromatic N) is 2. The van der Waals surface area contributed by atoms with Crippen molar-refractivity contribution in [3.8, 4) is 0 Å². The van der Waals surface area contributed by atoms with Crippen molar-refractivity contribution >= 4 is 11.9 Å². The molecule has 1 aromatic rings. The van der Waals surface area contributed by atoms with Crippen LogP contribution >= 0.6 is 0 Å². The molecule has 0 spiro atoms. The van der Waals surface area contributed by atoms with Crippen molar-refractivity contribution in [3.63, 3.8) is 0 Å². The lowest BCUT2D eigenvalue weighted by molar-refractivity contribution is 0.0182. The summed E-state index contributed by atoms with van der Waals surface area (Å²) >= 11 is 0. The van der Waals surface area contributed by atoms with Gasteiger partial charge in [0, 0.05) is 36.0 Å². The van der Waals surface area contributed by atoms with Crippen LogP contribution in [-0.4, -0.2) is 40.5 Å². The van der Waals surface area contributed by atoms with Crippen molar-refractivity contribution < 1.29 is 14.3 Å². The topological polar surface area (TPSA) is 59.5 Å². The molecule has 5 nitrogen and oxygen atoms in total. The number of rotatable bonds is 2. The second-order valence-corrected chi connectivity index (χ2v) is 7.24. The number of carbonyl (C=O) groups excluding carboxylic acids is 2. The molecular weight excluding hydrogens is 292 g/mol. The number of carbonyl (C=O) groups is 2. The Morgan fingerprint density at radius 1 is 1.13 bits per heavy atom. The van der Waals surface area contributed by atoms with Gasteiger partial charge in [0.1, 0.15) is 5.60 Å². The molecule has 0 N–H and O–H groups in total. The zero-order valence-corrected chi connectivity index (χ0v) is 14.7. The molecule has 0 unspecified atom stereocenters. The zero-order chi connectivity index (χ0) is 17.2. The summed E-state index contributed by atoms with van der Waals surface area (Å²) in [5.41, 5.74) is 1.96. The van der Waals surface area contributed by atoms with E-state index in [2.05, 4.69) is 4.98 Å². The molecule has 2 heterocycles. The Bertz CT molecular complexity index is 577. The van der Waals surface area contributed by atoms with Crippen LogP contribution in [0, 0.1) is 19.8 Å². The molecule has 0 atom stereocenters. The fraction of sp³-hybridized carbons (Fsp3) is 0.611. The number of Topliss-reactive ketones (excluding diaryl/α,β-unsaturated/α-hetero) is 1. The van der Waals surface area contributed by atoms with Crippen LogP contribution in [0.15, 0.2) is 12.1 Å². The van der Waals surface area contributed by atoms with Crippen LogP contribution in [0.3, 0.4) is 0 Å². The van der Waals surface area contributed by atoms with Crippen molar-refractivity contribution in [1.29, 1.82) is 0 Å². The lowest BCUT2D eigenvalue weighted by Gasteiger charge is -2.33. The quantitative estimate of drug-likeness (QED) is 0.783. The van der Waals surface area contributed by atoms with Gasteiger partial charge < -0.3 is 9.64 Å². The second-order valence-electron chi connectivity index (χ2n) is 7.24. The van der Waals surface area contributed by atoms with Crippen LogP contribution in [-0.2, 0) is 4.74 Å². The number of hydrogen-bond acceptors (Lipinski definition) is 4. The van der Waals surface area contributed by atoms with Crippen molar-refractivity contribution in [2.24, 2.45) is 5.92 Å². The number of aromatic nitrogens is 1. The van der Waals surface area contributed by atoms with E-state index in [0.717, 1.165) is 17.0 Å². The first-order chi connectivity index (χ1) is 10.7. The lowest BCUT2D eigenvalue weighted by atomic mass is 9.89. The Morgan fingerprint density at radius 2 is 1.65 bits per heavy atom. The highest BCUT2D eigenvalue weighted by molar-refractivity contribution is 5.98. The number of amides is 1. The van der Waals surface area contributed by atoms with E-state index in [9.17, 15) is 9.59 Å². The summed E-state index contributed by atoms with van der Waals surface area (Å²) in [6, 6.07) is 3.69. The van der Waals surface area contributed by atoms with Gasteiger partial charge in [-0.05, 0) is 59.6 Å². The Kier molecular flexibility index (Phi) is 5.07. The fourth-order valence-corrected chi connectivity index (χ4v) is 2.86. The summed E-state index contributed by atoms with van der Waals surface area (Å²) in [6.07, 6.45) is 1.07. The van der Waals surface area contributed by atoms with Gasteiger partial charge in [0.2, 0.25) is 0 Å². The van der Waals surface area contributed by atoms with Gasteiger partial charge in [0.15, 0.2) is 5.78 Å². The van der Waals surface area contributed by atoms with Crippen molar-refractivity contribution in [3.05, 3.63) is 29.1 Å². The summed E-state index contributed by atoms with van der Waals surface area (Å²) in [5, 5.41) is 0. The Morgan fingerprint density at radius 3 is 2.13 bits per heavy atom. The van der Waals surface area contributed by atoms with E-state index < -0.39 is 5.60 Å². The minimum atomic E-state index is -0.490. The van der Waals surface area contributed by atoms with Gasteiger partial charge in [0.25, 0.3) is 0 Å². The Labute approximate surface area is 138 Å². The number of hydrogen-bond donors (Lipinski definition) is 0. The first kappa shape index (κ1) is 17.4. The number of aryl methyl sites for hydroxylation is 2. The third kappa shape index (κ3) is 4.78. The zero-order valence-electron chi connectivity index (χ0n) is 14.7. The number of piperidine rings is 1. The van der Waals surface area contributed by atoms with E-state index in [4.69, 9.17) is 4.74 Å². The van der Waals surface area contributed by atoms with Gasteiger partial charge >= 0.3 is 6.09 Å². The Hall–Kier alpha value is -1.91. The number of likely N-dealkylation sites (tertiary alicyclic amines) is 1. The molecule has 1 aliphatic rings. The number of ether oxygens (including phenoxy) is 1. The molecule has 1 saturated heterocycles. The minimum absolute atomic E-state index is 0.0325. The molecule has 126 valence electrons.